The highest BCUT2D eigenvalue weighted by atomic mass is 16.5. The quantitative estimate of drug-likeness (QED) is 0.934. The first-order chi connectivity index (χ1) is 10.8. The van der Waals surface area contributed by atoms with Gasteiger partial charge in [0, 0.05) is 44.0 Å². The molecule has 1 aliphatic heterocycles. The maximum atomic E-state index is 12.0. The third kappa shape index (κ3) is 3.23. The topological polar surface area (TPSA) is 67.3 Å². The van der Waals surface area contributed by atoms with Crippen molar-refractivity contribution < 1.29 is 9.53 Å². The molecule has 1 aromatic heterocycles. The smallest absolute Gasteiger partial charge is 0.275 e. The van der Waals surface area contributed by atoms with Crippen molar-refractivity contribution in [2.24, 2.45) is 0 Å². The van der Waals surface area contributed by atoms with Crippen LogP contribution in [0.2, 0.25) is 0 Å². The maximum Gasteiger partial charge on any atom is 0.275 e. The molecule has 1 atom stereocenters. The van der Waals surface area contributed by atoms with Gasteiger partial charge in [-0.05, 0) is 30.7 Å². The zero-order chi connectivity index (χ0) is 15.4. The molecule has 1 aromatic carbocycles. The minimum absolute atomic E-state index is 0.263. The number of aromatic nitrogens is 2. The molecule has 0 saturated carbocycles. The van der Waals surface area contributed by atoms with Crippen LogP contribution in [0.25, 0.3) is 0 Å². The number of rotatable bonds is 4. The Morgan fingerprint density at radius 1 is 1.32 bits per heavy atom. The average Bonchev–Trinajstić information content (AvgIpc) is 3.05. The fraction of sp³-hybridized carbons (Fsp3) is 0.312. The molecule has 1 fully saturated rings. The Kier molecular flexibility index (Phi) is 4.29. The van der Waals surface area contributed by atoms with Crippen molar-refractivity contribution >= 4 is 17.3 Å². The van der Waals surface area contributed by atoms with E-state index < -0.39 is 0 Å². The lowest BCUT2D eigenvalue weighted by Gasteiger charge is -2.18. The molecule has 2 heterocycles. The number of anilines is 2. The average molecular weight is 298 g/mol. The van der Waals surface area contributed by atoms with Crippen molar-refractivity contribution in [1.29, 1.82) is 0 Å². The monoisotopic (exact) mass is 298 g/mol. The summed E-state index contributed by atoms with van der Waals surface area (Å²) in [5.74, 6) is -0.263. The molecule has 2 aromatic rings. The highest BCUT2D eigenvalue weighted by Crippen LogP contribution is 2.23. The van der Waals surface area contributed by atoms with Crippen molar-refractivity contribution in [3.05, 3.63) is 48.5 Å². The van der Waals surface area contributed by atoms with Gasteiger partial charge in [0.1, 0.15) is 5.69 Å². The summed E-state index contributed by atoms with van der Waals surface area (Å²) in [5, 5.41) is 2.81. The van der Waals surface area contributed by atoms with Crippen LogP contribution in [0.1, 0.15) is 16.9 Å². The number of hydrogen-bond acceptors (Lipinski definition) is 5. The van der Waals surface area contributed by atoms with E-state index in [1.165, 1.54) is 18.6 Å². The van der Waals surface area contributed by atoms with Gasteiger partial charge in [0.2, 0.25) is 0 Å². The fourth-order valence-electron chi connectivity index (χ4n) is 2.52. The van der Waals surface area contributed by atoms with Gasteiger partial charge in [-0.15, -0.1) is 0 Å². The second-order valence-corrected chi connectivity index (χ2v) is 5.18. The lowest BCUT2D eigenvalue weighted by atomic mass is 10.2. The van der Waals surface area contributed by atoms with Crippen LogP contribution in [0.3, 0.4) is 0 Å². The first-order valence-corrected chi connectivity index (χ1v) is 7.21. The van der Waals surface area contributed by atoms with Gasteiger partial charge in [0.25, 0.3) is 5.91 Å². The highest BCUT2D eigenvalue weighted by Gasteiger charge is 2.22. The van der Waals surface area contributed by atoms with Gasteiger partial charge < -0.3 is 15.0 Å². The van der Waals surface area contributed by atoms with Crippen LogP contribution < -0.4 is 10.2 Å². The van der Waals surface area contributed by atoms with Crippen LogP contribution in [0.4, 0.5) is 11.4 Å². The molecular weight excluding hydrogens is 280 g/mol. The van der Waals surface area contributed by atoms with Crippen LogP contribution in [0.5, 0.6) is 0 Å². The predicted molar refractivity (Wildman–Crippen MR) is 84.1 cm³/mol. The second kappa shape index (κ2) is 6.53. The maximum absolute atomic E-state index is 12.0. The lowest BCUT2D eigenvalue weighted by molar-refractivity contribution is 0.102. The molecule has 114 valence electrons. The Bertz CT molecular complexity index is 630. The summed E-state index contributed by atoms with van der Waals surface area (Å²) >= 11 is 0. The van der Waals surface area contributed by atoms with Crippen LogP contribution in [-0.2, 0) is 4.74 Å². The molecule has 1 unspecified atom stereocenters. The first kappa shape index (κ1) is 14.5. The van der Waals surface area contributed by atoms with Crippen LogP contribution in [-0.4, -0.2) is 42.2 Å². The van der Waals surface area contributed by atoms with Crippen molar-refractivity contribution in [2.45, 2.75) is 12.5 Å². The molecule has 1 aliphatic rings. The summed E-state index contributed by atoms with van der Waals surface area (Å²) in [7, 11) is 1.75. The number of methoxy groups -OCH3 is 1. The van der Waals surface area contributed by atoms with Crippen LogP contribution in [0, 0.1) is 0 Å². The van der Waals surface area contributed by atoms with Gasteiger partial charge in [-0.1, -0.05) is 0 Å². The third-order valence-electron chi connectivity index (χ3n) is 3.76. The molecule has 0 aliphatic carbocycles. The molecule has 6 nitrogen and oxygen atoms in total. The van der Waals surface area contributed by atoms with E-state index in [2.05, 4.69) is 20.2 Å². The molecule has 0 bridgehead atoms. The summed E-state index contributed by atoms with van der Waals surface area (Å²) in [4.78, 5) is 22.1. The van der Waals surface area contributed by atoms with Gasteiger partial charge in [0.05, 0.1) is 12.3 Å². The predicted octanol–water partition coefficient (Wildman–Crippen LogP) is 1.95. The van der Waals surface area contributed by atoms with E-state index in [0.29, 0.717) is 11.8 Å². The Morgan fingerprint density at radius 3 is 2.77 bits per heavy atom. The zero-order valence-corrected chi connectivity index (χ0v) is 12.4. The SMILES string of the molecule is COC1CCN(c2ccc(NC(=O)c3cnccn3)cc2)C1. The highest BCUT2D eigenvalue weighted by molar-refractivity contribution is 6.02. The summed E-state index contributed by atoms with van der Waals surface area (Å²) in [6.45, 7) is 1.89. The van der Waals surface area contributed by atoms with E-state index >= 15 is 0 Å². The standard InChI is InChI=1S/C16H18N4O2/c1-22-14-6-9-20(11-14)13-4-2-12(3-5-13)19-16(21)15-10-17-7-8-18-15/h2-5,7-8,10,14H,6,9,11H2,1H3,(H,19,21). The third-order valence-corrected chi connectivity index (χ3v) is 3.76. The number of benzene rings is 1. The van der Waals surface area contributed by atoms with E-state index in [0.717, 1.165) is 30.9 Å². The van der Waals surface area contributed by atoms with E-state index in [1.54, 1.807) is 7.11 Å². The van der Waals surface area contributed by atoms with Crippen LogP contribution in [0.15, 0.2) is 42.9 Å². The van der Waals surface area contributed by atoms with E-state index in [-0.39, 0.29) is 5.91 Å². The summed E-state index contributed by atoms with van der Waals surface area (Å²) in [6.07, 6.45) is 5.82. The first-order valence-electron chi connectivity index (χ1n) is 7.21. The van der Waals surface area contributed by atoms with E-state index in [4.69, 9.17) is 4.74 Å². The number of ether oxygens (including phenoxy) is 1. The van der Waals surface area contributed by atoms with Crippen LogP contribution >= 0.6 is 0 Å². The molecule has 0 spiro atoms. The number of carbonyl (C=O) groups is 1. The Labute approximate surface area is 129 Å². The van der Waals surface area contributed by atoms with Gasteiger partial charge in [0.15, 0.2) is 0 Å². The summed E-state index contributed by atoms with van der Waals surface area (Å²) in [6, 6.07) is 7.79. The van der Waals surface area contributed by atoms with Crippen molar-refractivity contribution in [3.8, 4) is 0 Å². The van der Waals surface area contributed by atoms with Crippen molar-refractivity contribution in [1.82, 2.24) is 9.97 Å². The lowest BCUT2D eigenvalue weighted by Crippen LogP contribution is -2.22. The number of hydrogen-bond donors (Lipinski definition) is 1. The molecule has 3 rings (SSSR count). The molecule has 1 N–H and O–H groups in total. The summed E-state index contributed by atoms with van der Waals surface area (Å²) < 4.78 is 5.38. The zero-order valence-electron chi connectivity index (χ0n) is 12.4. The minimum Gasteiger partial charge on any atom is -0.380 e. The number of carbonyl (C=O) groups excluding carboxylic acids is 1. The summed E-state index contributed by atoms with van der Waals surface area (Å²) in [5.41, 5.74) is 2.17. The minimum atomic E-state index is -0.263. The Morgan fingerprint density at radius 2 is 2.14 bits per heavy atom. The number of amides is 1. The normalized spacial score (nSPS) is 17.5. The van der Waals surface area contributed by atoms with Gasteiger partial charge in [-0.3, -0.25) is 9.78 Å². The molecule has 1 saturated heterocycles. The largest absolute Gasteiger partial charge is 0.380 e. The molecular formula is C16H18N4O2. The van der Waals surface area contributed by atoms with Gasteiger partial charge >= 0.3 is 0 Å². The number of nitrogens with one attached hydrogen (secondary N) is 1. The Hall–Kier alpha value is -2.47. The van der Waals surface area contributed by atoms with Crippen molar-refractivity contribution in [3.63, 3.8) is 0 Å². The van der Waals surface area contributed by atoms with E-state index in [1.807, 2.05) is 24.3 Å². The fourth-order valence-corrected chi connectivity index (χ4v) is 2.52. The van der Waals surface area contributed by atoms with Gasteiger partial charge in [-0.2, -0.15) is 0 Å². The molecule has 6 heteroatoms. The van der Waals surface area contributed by atoms with E-state index in [9.17, 15) is 4.79 Å². The molecule has 22 heavy (non-hydrogen) atoms. The van der Waals surface area contributed by atoms with Crippen molar-refractivity contribution in [2.75, 3.05) is 30.4 Å². The molecule has 0 radical (unpaired) electrons. The second-order valence-electron chi connectivity index (χ2n) is 5.18. The Balaban J connectivity index is 1.64. The number of nitrogens with zero attached hydrogens (tertiary/aromatic N) is 3. The molecule has 1 amide bonds. The van der Waals surface area contributed by atoms with Gasteiger partial charge in [-0.25, -0.2) is 4.98 Å².